The average molecular weight is 477 g/mol. The van der Waals surface area contributed by atoms with Gasteiger partial charge in [-0.3, -0.25) is 24.0 Å². The van der Waals surface area contributed by atoms with Gasteiger partial charge in [-0.05, 0) is 32.2 Å². The molecular formula is C18H31N5O10. The molecule has 33 heavy (non-hydrogen) atoms. The van der Waals surface area contributed by atoms with Gasteiger partial charge in [0.05, 0.1) is 19.1 Å². The highest BCUT2D eigenvalue weighted by molar-refractivity contribution is 5.95. The highest BCUT2D eigenvalue weighted by atomic mass is 16.4. The summed E-state index contributed by atoms with van der Waals surface area (Å²) in [5, 5.41) is 42.2. The van der Waals surface area contributed by atoms with Gasteiger partial charge in [-0.15, -0.1) is 0 Å². The molecule has 0 fully saturated rings. The molecule has 0 saturated heterocycles. The van der Waals surface area contributed by atoms with Crippen LogP contribution in [0.5, 0.6) is 0 Å². The molecule has 0 aliphatic rings. The molecule has 0 aromatic heterocycles. The number of rotatable bonds is 17. The van der Waals surface area contributed by atoms with E-state index in [2.05, 4.69) is 16.0 Å². The Morgan fingerprint density at radius 1 is 0.727 bits per heavy atom. The molecule has 0 rings (SSSR count). The lowest BCUT2D eigenvalue weighted by Gasteiger charge is -2.24. The normalized spacial score (nSPS) is 14.3. The number of amides is 3. The van der Waals surface area contributed by atoms with Crippen molar-refractivity contribution in [3.63, 3.8) is 0 Å². The number of carbonyl (C=O) groups is 6. The van der Waals surface area contributed by atoms with Gasteiger partial charge in [-0.2, -0.15) is 0 Å². The van der Waals surface area contributed by atoms with Crippen molar-refractivity contribution < 1.29 is 49.2 Å². The summed E-state index contributed by atoms with van der Waals surface area (Å²) >= 11 is 0. The number of carboxylic acid groups (broad SMARTS) is 3. The Kier molecular flexibility index (Phi) is 13.9. The van der Waals surface area contributed by atoms with Crippen molar-refractivity contribution in [2.75, 3.05) is 13.2 Å². The first-order valence-corrected chi connectivity index (χ1v) is 10.1. The summed E-state index contributed by atoms with van der Waals surface area (Å²) < 4.78 is 0. The molecule has 11 N–H and O–H groups in total. The van der Waals surface area contributed by atoms with Gasteiger partial charge in [0.15, 0.2) is 0 Å². The quantitative estimate of drug-likeness (QED) is 0.0916. The maximum Gasteiger partial charge on any atom is 0.328 e. The highest BCUT2D eigenvalue weighted by Crippen LogP contribution is 2.05. The van der Waals surface area contributed by atoms with Gasteiger partial charge in [0.1, 0.15) is 18.1 Å². The number of hydrogen-bond acceptors (Lipinski definition) is 9. The third-order valence-electron chi connectivity index (χ3n) is 4.39. The van der Waals surface area contributed by atoms with E-state index in [4.69, 9.17) is 31.9 Å². The Hall–Kier alpha value is -3.30. The molecule has 188 valence electrons. The van der Waals surface area contributed by atoms with Gasteiger partial charge < -0.3 is 47.8 Å². The van der Waals surface area contributed by atoms with Crippen LogP contribution in [0.3, 0.4) is 0 Å². The maximum absolute atomic E-state index is 12.6. The lowest BCUT2D eigenvalue weighted by molar-refractivity contribution is -0.144. The minimum atomic E-state index is -1.65. The maximum atomic E-state index is 12.6. The van der Waals surface area contributed by atoms with E-state index in [0.717, 1.165) is 0 Å². The lowest BCUT2D eigenvalue weighted by atomic mass is 10.1. The van der Waals surface area contributed by atoms with Gasteiger partial charge >= 0.3 is 17.9 Å². The number of carbonyl (C=O) groups excluding carboxylic acids is 3. The second-order valence-electron chi connectivity index (χ2n) is 7.13. The van der Waals surface area contributed by atoms with Crippen LogP contribution in [0, 0.1) is 0 Å². The fourth-order valence-corrected chi connectivity index (χ4v) is 2.56. The Bertz CT molecular complexity index is 717. The molecule has 0 spiro atoms. The molecule has 4 unspecified atom stereocenters. The van der Waals surface area contributed by atoms with Crippen molar-refractivity contribution in [1.82, 2.24) is 16.0 Å². The van der Waals surface area contributed by atoms with E-state index in [9.17, 15) is 28.8 Å². The summed E-state index contributed by atoms with van der Waals surface area (Å²) in [7, 11) is 0. The van der Waals surface area contributed by atoms with Crippen molar-refractivity contribution >= 4 is 35.6 Å². The first-order chi connectivity index (χ1) is 15.4. The van der Waals surface area contributed by atoms with Gasteiger partial charge in [-0.1, -0.05) is 0 Å². The van der Waals surface area contributed by atoms with Crippen LogP contribution >= 0.6 is 0 Å². The van der Waals surface area contributed by atoms with E-state index in [0.29, 0.717) is 12.8 Å². The monoisotopic (exact) mass is 477 g/mol. The van der Waals surface area contributed by atoms with E-state index in [1.54, 1.807) is 0 Å². The summed E-state index contributed by atoms with van der Waals surface area (Å²) in [5.41, 5.74) is 11.0. The molecule has 0 aliphatic heterocycles. The lowest BCUT2D eigenvalue weighted by Crippen LogP contribution is -2.57. The van der Waals surface area contributed by atoms with Crippen LogP contribution in [-0.4, -0.2) is 93.4 Å². The van der Waals surface area contributed by atoms with E-state index < -0.39 is 79.2 Å². The van der Waals surface area contributed by atoms with Crippen LogP contribution in [0.2, 0.25) is 0 Å². The van der Waals surface area contributed by atoms with Crippen molar-refractivity contribution in [1.29, 1.82) is 0 Å². The summed E-state index contributed by atoms with van der Waals surface area (Å²) in [6, 6.07) is -5.92. The summed E-state index contributed by atoms with van der Waals surface area (Å²) in [6.45, 7) is -0.626. The van der Waals surface area contributed by atoms with Crippen molar-refractivity contribution in [2.45, 2.75) is 62.7 Å². The molecule has 0 heterocycles. The number of unbranched alkanes of at least 4 members (excludes halogenated alkanes) is 1. The molecule has 4 atom stereocenters. The largest absolute Gasteiger partial charge is 0.481 e. The van der Waals surface area contributed by atoms with E-state index >= 15 is 0 Å². The molecule has 0 aliphatic carbocycles. The van der Waals surface area contributed by atoms with Crippen LogP contribution in [0.4, 0.5) is 0 Å². The molecular weight excluding hydrogens is 446 g/mol. The van der Waals surface area contributed by atoms with E-state index in [1.165, 1.54) is 0 Å². The summed E-state index contributed by atoms with van der Waals surface area (Å²) in [4.78, 5) is 70.1. The second-order valence-corrected chi connectivity index (χ2v) is 7.13. The number of nitrogens with one attached hydrogen (secondary N) is 3. The number of carboxylic acids is 3. The zero-order valence-electron chi connectivity index (χ0n) is 17.9. The van der Waals surface area contributed by atoms with E-state index in [-0.39, 0.29) is 19.4 Å². The Balaban J connectivity index is 5.41. The zero-order valence-corrected chi connectivity index (χ0v) is 17.9. The van der Waals surface area contributed by atoms with Crippen LogP contribution in [0.25, 0.3) is 0 Å². The number of aliphatic carboxylic acids is 3. The predicted molar refractivity (Wildman–Crippen MR) is 111 cm³/mol. The van der Waals surface area contributed by atoms with E-state index in [1.807, 2.05) is 0 Å². The van der Waals surface area contributed by atoms with Gasteiger partial charge in [0.2, 0.25) is 17.7 Å². The first kappa shape index (κ1) is 29.7. The molecule has 3 amide bonds. The fraction of sp³-hybridized carbons (Fsp3) is 0.667. The summed E-state index contributed by atoms with van der Waals surface area (Å²) in [5.74, 6) is -7.13. The number of aliphatic hydroxyl groups excluding tert-OH is 1. The zero-order chi connectivity index (χ0) is 25.6. The average Bonchev–Trinajstić information content (AvgIpc) is 2.73. The molecule has 0 aromatic rings. The third-order valence-corrected chi connectivity index (χ3v) is 4.39. The van der Waals surface area contributed by atoms with Crippen molar-refractivity contribution in [3.05, 3.63) is 0 Å². The first-order valence-electron chi connectivity index (χ1n) is 10.1. The SMILES string of the molecule is NCCCCC(NC(=O)C(CC(=O)O)NC(=O)C(N)CCC(=O)O)C(=O)NC(CO)C(=O)O. The summed E-state index contributed by atoms with van der Waals surface area (Å²) in [6.07, 6.45) is -0.724. The molecule has 15 heteroatoms. The molecule has 0 radical (unpaired) electrons. The fourth-order valence-electron chi connectivity index (χ4n) is 2.56. The topological polar surface area (TPSA) is 271 Å². The molecule has 15 nitrogen and oxygen atoms in total. The van der Waals surface area contributed by atoms with Crippen LogP contribution in [0.15, 0.2) is 0 Å². The van der Waals surface area contributed by atoms with Crippen LogP contribution < -0.4 is 27.4 Å². The predicted octanol–water partition coefficient (Wildman–Crippen LogP) is -3.69. The third kappa shape index (κ3) is 12.4. The molecule has 0 saturated carbocycles. The molecule has 0 bridgehead atoms. The molecule has 0 aromatic carbocycles. The number of aliphatic hydroxyl groups is 1. The van der Waals surface area contributed by atoms with Crippen molar-refractivity contribution in [2.24, 2.45) is 11.5 Å². The highest BCUT2D eigenvalue weighted by Gasteiger charge is 2.31. The standard InChI is InChI=1S/C18H31N5O10/c19-6-2-1-3-10(16(30)23-12(8-24)18(32)33)21-17(31)11(7-14(27)28)22-15(29)9(20)4-5-13(25)26/h9-12,24H,1-8,19-20H2,(H,21,31)(H,22,29)(H,23,30)(H,25,26)(H,27,28)(H,32,33). The van der Waals surface area contributed by atoms with Gasteiger partial charge in [0.25, 0.3) is 0 Å². The Labute approximate surface area is 188 Å². The minimum Gasteiger partial charge on any atom is -0.481 e. The van der Waals surface area contributed by atoms with Crippen LogP contribution in [-0.2, 0) is 28.8 Å². The Morgan fingerprint density at radius 2 is 1.27 bits per heavy atom. The second kappa shape index (κ2) is 15.5. The Morgan fingerprint density at radius 3 is 1.76 bits per heavy atom. The van der Waals surface area contributed by atoms with Gasteiger partial charge in [-0.25, -0.2) is 4.79 Å². The number of hydrogen-bond donors (Lipinski definition) is 9. The smallest absolute Gasteiger partial charge is 0.328 e. The van der Waals surface area contributed by atoms with Crippen LogP contribution in [0.1, 0.15) is 38.5 Å². The number of nitrogens with two attached hydrogens (primary N) is 2. The van der Waals surface area contributed by atoms with Gasteiger partial charge in [0, 0.05) is 6.42 Å². The minimum absolute atomic E-state index is 0.0123. The van der Waals surface area contributed by atoms with Crippen molar-refractivity contribution in [3.8, 4) is 0 Å².